The number of pyridine rings is 1. The molecule has 4 heteroatoms. The maximum atomic E-state index is 12.1. The summed E-state index contributed by atoms with van der Waals surface area (Å²) < 4.78 is 10.9. The van der Waals surface area contributed by atoms with E-state index in [1.807, 2.05) is 13.8 Å². The highest BCUT2D eigenvalue weighted by molar-refractivity contribution is 5.81. The normalized spacial score (nSPS) is 18.2. The average Bonchev–Trinajstić information content (AvgIpc) is 2.94. The standard InChI is InChI=1S/C16H23NO3/c1-11-10-17-15(12(2)16(11)19-3)9-13(18)6-7-14-5-4-8-20-14/h10,14H,4-9H2,1-3H3. The fourth-order valence-corrected chi connectivity index (χ4v) is 2.72. The Bertz CT molecular complexity index is 479. The fourth-order valence-electron chi connectivity index (χ4n) is 2.72. The summed E-state index contributed by atoms with van der Waals surface area (Å²) in [4.78, 5) is 16.4. The number of carbonyl (C=O) groups is 1. The second-order valence-electron chi connectivity index (χ2n) is 5.44. The molecule has 20 heavy (non-hydrogen) atoms. The van der Waals surface area contributed by atoms with Crippen LogP contribution in [0.1, 0.15) is 42.5 Å². The van der Waals surface area contributed by atoms with E-state index in [1.54, 1.807) is 13.3 Å². The van der Waals surface area contributed by atoms with Crippen molar-refractivity contribution in [3.8, 4) is 5.75 Å². The zero-order valence-electron chi connectivity index (χ0n) is 12.6. The third-order valence-corrected chi connectivity index (χ3v) is 3.88. The molecule has 1 aromatic rings. The Balaban J connectivity index is 1.93. The molecule has 0 saturated carbocycles. The van der Waals surface area contributed by atoms with Crippen LogP contribution in [0.25, 0.3) is 0 Å². The first-order valence-corrected chi connectivity index (χ1v) is 7.24. The molecule has 2 rings (SSSR count). The van der Waals surface area contributed by atoms with Crippen molar-refractivity contribution in [2.45, 2.75) is 52.1 Å². The molecule has 1 unspecified atom stereocenters. The van der Waals surface area contributed by atoms with E-state index in [2.05, 4.69) is 4.98 Å². The summed E-state index contributed by atoms with van der Waals surface area (Å²) in [6, 6.07) is 0. The first-order valence-electron chi connectivity index (χ1n) is 7.24. The molecular weight excluding hydrogens is 254 g/mol. The Labute approximate surface area is 120 Å². The van der Waals surface area contributed by atoms with E-state index >= 15 is 0 Å². The van der Waals surface area contributed by atoms with Crippen LogP contribution < -0.4 is 4.74 Å². The van der Waals surface area contributed by atoms with Crippen LogP contribution in [0.2, 0.25) is 0 Å². The number of hydrogen-bond donors (Lipinski definition) is 0. The largest absolute Gasteiger partial charge is 0.496 e. The third-order valence-electron chi connectivity index (χ3n) is 3.88. The van der Waals surface area contributed by atoms with Crippen LogP contribution in [0.3, 0.4) is 0 Å². The number of ketones is 1. The highest BCUT2D eigenvalue weighted by Crippen LogP contribution is 2.25. The number of ether oxygens (including phenoxy) is 2. The van der Waals surface area contributed by atoms with E-state index in [0.29, 0.717) is 12.8 Å². The van der Waals surface area contributed by atoms with Crippen molar-refractivity contribution >= 4 is 5.78 Å². The molecule has 1 aromatic heterocycles. The number of rotatable bonds is 6. The maximum Gasteiger partial charge on any atom is 0.138 e. The van der Waals surface area contributed by atoms with Gasteiger partial charge in [-0.25, -0.2) is 0 Å². The van der Waals surface area contributed by atoms with Crippen LogP contribution in [0.4, 0.5) is 0 Å². The lowest BCUT2D eigenvalue weighted by molar-refractivity contribution is -0.119. The molecule has 0 radical (unpaired) electrons. The molecule has 110 valence electrons. The van der Waals surface area contributed by atoms with Crippen LogP contribution in [0.15, 0.2) is 6.20 Å². The smallest absolute Gasteiger partial charge is 0.138 e. The Hall–Kier alpha value is -1.42. The SMILES string of the molecule is COc1c(C)cnc(CC(=O)CCC2CCCO2)c1C. The van der Waals surface area contributed by atoms with Gasteiger partial charge in [-0.05, 0) is 33.1 Å². The Kier molecular flexibility index (Phi) is 5.12. The van der Waals surface area contributed by atoms with Gasteiger partial charge in [-0.3, -0.25) is 9.78 Å². The molecule has 0 bridgehead atoms. The lowest BCUT2D eigenvalue weighted by atomic mass is 10.0. The number of nitrogens with zero attached hydrogens (tertiary/aromatic N) is 1. The predicted octanol–water partition coefficient (Wildman–Crippen LogP) is 2.78. The average molecular weight is 277 g/mol. The minimum atomic E-state index is 0.224. The van der Waals surface area contributed by atoms with Crippen LogP contribution in [0.5, 0.6) is 5.75 Å². The van der Waals surface area contributed by atoms with E-state index in [4.69, 9.17) is 9.47 Å². The second-order valence-corrected chi connectivity index (χ2v) is 5.44. The van der Waals surface area contributed by atoms with Crippen molar-refractivity contribution in [1.29, 1.82) is 0 Å². The Morgan fingerprint density at radius 3 is 2.95 bits per heavy atom. The molecule has 0 N–H and O–H groups in total. The summed E-state index contributed by atoms with van der Waals surface area (Å²) in [6.45, 7) is 4.76. The number of Topliss-reactive ketones (excluding diaryl/α,β-unsaturated/α-hetero) is 1. The van der Waals surface area contributed by atoms with Gasteiger partial charge in [-0.15, -0.1) is 0 Å². The number of aromatic nitrogens is 1. The van der Waals surface area contributed by atoms with Crippen molar-refractivity contribution in [2.24, 2.45) is 0 Å². The lowest BCUT2D eigenvalue weighted by Crippen LogP contribution is -2.12. The van der Waals surface area contributed by atoms with E-state index in [-0.39, 0.29) is 11.9 Å². The summed E-state index contributed by atoms with van der Waals surface area (Å²) in [7, 11) is 1.65. The fraction of sp³-hybridized carbons (Fsp3) is 0.625. The van der Waals surface area contributed by atoms with Crippen molar-refractivity contribution in [1.82, 2.24) is 4.98 Å². The first kappa shape index (κ1) is 15.0. The molecule has 0 aromatic carbocycles. The van der Waals surface area contributed by atoms with E-state index in [0.717, 1.165) is 48.4 Å². The molecular formula is C16H23NO3. The van der Waals surface area contributed by atoms with E-state index in [9.17, 15) is 4.79 Å². The second kappa shape index (κ2) is 6.84. The van der Waals surface area contributed by atoms with Gasteiger partial charge in [0.25, 0.3) is 0 Å². The summed E-state index contributed by atoms with van der Waals surface area (Å²) in [5.41, 5.74) is 2.79. The van der Waals surface area contributed by atoms with Gasteiger partial charge in [0.2, 0.25) is 0 Å². The Morgan fingerprint density at radius 2 is 2.30 bits per heavy atom. The molecule has 0 spiro atoms. The number of aryl methyl sites for hydroxylation is 1. The monoisotopic (exact) mass is 277 g/mol. The Morgan fingerprint density at radius 1 is 1.50 bits per heavy atom. The van der Waals surface area contributed by atoms with Crippen LogP contribution >= 0.6 is 0 Å². The summed E-state index contributed by atoms with van der Waals surface area (Å²) in [5.74, 6) is 1.06. The minimum Gasteiger partial charge on any atom is -0.496 e. The first-order chi connectivity index (χ1) is 9.61. The van der Waals surface area contributed by atoms with Gasteiger partial charge >= 0.3 is 0 Å². The number of carbonyl (C=O) groups excluding carboxylic acids is 1. The van der Waals surface area contributed by atoms with Gasteiger partial charge in [-0.2, -0.15) is 0 Å². The van der Waals surface area contributed by atoms with Gasteiger partial charge in [0.1, 0.15) is 11.5 Å². The summed E-state index contributed by atoms with van der Waals surface area (Å²) in [5, 5.41) is 0. The van der Waals surface area contributed by atoms with Gasteiger partial charge in [0, 0.05) is 36.8 Å². The van der Waals surface area contributed by atoms with Gasteiger partial charge in [-0.1, -0.05) is 0 Å². The topological polar surface area (TPSA) is 48.4 Å². The maximum absolute atomic E-state index is 12.1. The molecule has 1 saturated heterocycles. The minimum absolute atomic E-state index is 0.224. The van der Waals surface area contributed by atoms with Gasteiger partial charge < -0.3 is 9.47 Å². The molecule has 0 aliphatic carbocycles. The number of hydrogen-bond acceptors (Lipinski definition) is 4. The predicted molar refractivity (Wildman–Crippen MR) is 77.2 cm³/mol. The zero-order valence-corrected chi connectivity index (χ0v) is 12.6. The van der Waals surface area contributed by atoms with Crippen LogP contribution in [-0.2, 0) is 16.0 Å². The summed E-state index contributed by atoms with van der Waals surface area (Å²) in [6.07, 6.45) is 6.05. The molecule has 1 fully saturated rings. The lowest BCUT2D eigenvalue weighted by Gasteiger charge is -2.12. The molecule has 1 aliphatic rings. The van der Waals surface area contributed by atoms with Crippen LogP contribution in [0, 0.1) is 13.8 Å². The molecule has 2 heterocycles. The molecule has 1 aliphatic heterocycles. The molecule has 0 amide bonds. The van der Waals surface area contributed by atoms with Crippen molar-refractivity contribution in [2.75, 3.05) is 13.7 Å². The number of methoxy groups -OCH3 is 1. The van der Waals surface area contributed by atoms with Crippen molar-refractivity contribution in [3.05, 3.63) is 23.0 Å². The molecule has 4 nitrogen and oxygen atoms in total. The van der Waals surface area contributed by atoms with Gasteiger partial charge in [0.15, 0.2) is 0 Å². The van der Waals surface area contributed by atoms with Gasteiger partial charge in [0.05, 0.1) is 18.9 Å². The quantitative estimate of drug-likeness (QED) is 0.802. The highest BCUT2D eigenvalue weighted by atomic mass is 16.5. The van der Waals surface area contributed by atoms with Crippen LogP contribution in [-0.4, -0.2) is 30.6 Å². The van der Waals surface area contributed by atoms with E-state index in [1.165, 1.54) is 0 Å². The zero-order chi connectivity index (χ0) is 14.5. The molecule has 1 atom stereocenters. The third kappa shape index (κ3) is 3.57. The van der Waals surface area contributed by atoms with Crippen molar-refractivity contribution < 1.29 is 14.3 Å². The summed E-state index contributed by atoms with van der Waals surface area (Å²) >= 11 is 0. The van der Waals surface area contributed by atoms with E-state index < -0.39 is 0 Å². The van der Waals surface area contributed by atoms with Crippen molar-refractivity contribution in [3.63, 3.8) is 0 Å². The highest BCUT2D eigenvalue weighted by Gasteiger charge is 2.18.